The Labute approximate surface area is 268 Å². The molecule has 4 atom stereocenters. The van der Waals surface area contributed by atoms with Gasteiger partial charge in [0.15, 0.2) is 18.4 Å². The highest BCUT2D eigenvalue weighted by Crippen LogP contribution is 2.37. The van der Waals surface area contributed by atoms with E-state index < -0.39 is 56.2 Å². The van der Waals surface area contributed by atoms with E-state index in [1.165, 1.54) is 25.3 Å². The Balaban J connectivity index is 2.18. The molecule has 0 spiro atoms. The van der Waals surface area contributed by atoms with Gasteiger partial charge in [-0.05, 0) is 65.7 Å². The predicted molar refractivity (Wildman–Crippen MR) is 166 cm³/mol. The molecular weight excluding hydrogens is 625 g/mol. The van der Waals surface area contributed by atoms with E-state index in [1.54, 1.807) is 66.7 Å². The lowest BCUT2D eigenvalue weighted by molar-refractivity contribution is -0.152. The molecule has 1 aromatic rings. The SMILES string of the molecule is COCOc1cc(N(CCOP(=O)(O)O)C(=O)OC(C)(C)C)cc2c1C(=O)O[C@@H](C)[C@H](C)/C=C\C(=O)[C@H]1OC(C)(C)O[C@H]1C/C=C/2. The van der Waals surface area contributed by atoms with Crippen molar-refractivity contribution in [2.45, 2.75) is 84.6 Å². The smallest absolute Gasteiger partial charge is 0.467 e. The first-order valence-corrected chi connectivity index (χ1v) is 16.3. The van der Waals surface area contributed by atoms with Crippen LogP contribution < -0.4 is 9.64 Å². The van der Waals surface area contributed by atoms with Crippen molar-refractivity contribution < 1.29 is 61.7 Å². The van der Waals surface area contributed by atoms with Crippen molar-refractivity contribution in [3.63, 3.8) is 0 Å². The van der Waals surface area contributed by atoms with Crippen molar-refractivity contribution in [1.82, 2.24) is 0 Å². The summed E-state index contributed by atoms with van der Waals surface area (Å²) in [5.74, 6) is -2.38. The number of methoxy groups -OCH3 is 1. The summed E-state index contributed by atoms with van der Waals surface area (Å²) in [5.41, 5.74) is -0.458. The largest absolute Gasteiger partial charge is 0.469 e. The van der Waals surface area contributed by atoms with E-state index >= 15 is 0 Å². The first-order chi connectivity index (χ1) is 21.3. The molecule has 0 aromatic heterocycles. The zero-order valence-corrected chi connectivity index (χ0v) is 28.3. The minimum Gasteiger partial charge on any atom is -0.467 e. The number of hydrogen-bond acceptors (Lipinski definition) is 11. The maximum Gasteiger partial charge on any atom is 0.469 e. The van der Waals surface area contributed by atoms with Gasteiger partial charge in [0.1, 0.15) is 29.1 Å². The Morgan fingerprint density at radius 3 is 2.46 bits per heavy atom. The molecule has 1 saturated heterocycles. The maximum atomic E-state index is 13.7. The third kappa shape index (κ3) is 10.7. The molecule has 2 aliphatic heterocycles. The van der Waals surface area contributed by atoms with Gasteiger partial charge in [-0.15, -0.1) is 0 Å². The van der Waals surface area contributed by atoms with E-state index in [1.807, 2.05) is 0 Å². The second-order valence-corrected chi connectivity index (χ2v) is 13.6. The zero-order valence-electron chi connectivity index (χ0n) is 27.4. The van der Waals surface area contributed by atoms with Crippen molar-refractivity contribution in [2.75, 3.05) is 32.0 Å². The van der Waals surface area contributed by atoms with Gasteiger partial charge in [-0.1, -0.05) is 25.2 Å². The average molecular weight is 670 g/mol. The molecular formula is C31H44NO13P. The van der Waals surface area contributed by atoms with Gasteiger partial charge in [0.2, 0.25) is 0 Å². The molecule has 2 aliphatic rings. The summed E-state index contributed by atoms with van der Waals surface area (Å²) >= 11 is 0. The average Bonchev–Trinajstić information content (AvgIpc) is 3.24. The number of fused-ring (bicyclic) bond motifs is 2. The monoisotopic (exact) mass is 669 g/mol. The Morgan fingerprint density at radius 1 is 1.13 bits per heavy atom. The maximum absolute atomic E-state index is 13.7. The molecule has 1 aromatic carbocycles. The quantitative estimate of drug-likeness (QED) is 0.220. The number of carbonyl (C=O) groups excluding carboxylic acids is 3. The fraction of sp³-hybridized carbons (Fsp3) is 0.581. The molecule has 1 fully saturated rings. The fourth-order valence-electron chi connectivity index (χ4n) is 4.67. The van der Waals surface area contributed by atoms with Gasteiger partial charge in [-0.25, -0.2) is 14.2 Å². The first-order valence-electron chi connectivity index (χ1n) is 14.8. The summed E-state index contributed by atoms with van der Waals surface area (Å²) in [4.78, 5) is 59.7. The molecule has 0 bridgehead atoms. The Morgan fingerprint density at radius 2 is 1.83 bits per heavy atom. The zero-order chi connectivity index (χ0) is 34.4. The highest BCUT2D eigenvalue weighted by atomic mass is 31.2. The number of phosphoric acid groups is 1. The standard InChI is InChI=1S/C31H44NO13P/c1-19-12-13-23(33)27-24(43-31(6,7)44-27)11-9-10-21-16-22(17-25(40-18-39-8)26(21)28(34)42-20(19)2)32(14-15-41-46(36,37)38)29(35)45-30(3,4)5/h9-10,12-13,16-17,19-20,24,27H,11,14-15,18H2,1-8H3,(H2,36,37,38)/b10-9+,13-12-/t19-,20+,24+,27-/m1/s1. The van der Waals surface area contributed by atoms with Crippen LogP contribution in [0.2, 0.25) is 0 Å². The number of ketones is 1. The molecule has 0 radical (unpaired) electrons. The summed E-state index contributed by atoms with van der Waals surface area (Å²) in [7, 11) is -3.45. The normalized spacial score (nSPS) is 25.0. The van der Waals surface area contributed by atoms with Gasteiger partial charge < -0.3 is 38.2 Å². The number of esters is 1. The molecule has 0 unspecified atom stereocenters. The van der Waals surface area contributed by atoms with Gasteiger partial charge in [0.25, 0.3) is 0 Å². The second-order valence-electron chi connectivity index (χ2n) is 12.4. The number of benzene rings is 1. The lowest BCUT2D eigenvalue weighted by Crippen LogP contribution is -2.39. The van der Waals surface area contributed by atoms with Crippen LogP contribution >= 0.6 is 7.82 Å². The molecule has 0 saturated carbocycles. The van der Waals surface area contributed by atoms with Gasteiger partial charge in [-0.2, -0.15) is 0 Å². The third-order valence-corrected chi connectivity index (χ3v) is 7.40. The predicted octanol–water partition coefficient (Wildman–Crippen LogP) is 4.76. The highest BCUT2D eigenvalue weighted by Gasteiger charge is 2.43. The van der Waals surface area contributed by atoms with E-state index in [0.717, 1.165) is 4.90 Å². The van der Waals surface area contributed by atoms with Crippen molar-refractivity contribution in [3.8, 4) is 5.75 Å². The molecule has 2 heterocycles. The van der Waals surface area contributed by atoms with Crippen molar-refractivity contribution >= 4 is 37.4 Å². The second kappa shape index (κ2) is 15.2. The molecule has 0 aliphatic carbocycles. The van der Waals surface area contributed by atoms with Crippen LogP contribution in [-0.4, -0.2) is 84.4 Å². The van der Waals surface area contributed by atoms with Crippen LogP contribution in [-0.2, 0) is 37.6 Å². The van der Waals surface area contributed by atoms with E-state index in [-0.39, 0.29) is 54.0 Å². The van der Waals surface area contributed by atoms with Crippen LogP contribution in [0.1, 0.15) is 70.8 Å². The number of anilines is 1. The summed E-state index contributed by atoms with van der Waals surface area (Å²) in [6, 6.07) is 2.91. The van der Waals surface area contributed by atoms with Gasteiger partial charge in [-0.3, -0.25) is 14.2 Å². The molecule has 14 nitrogen and oxygen atoms in total. The first kappa shape index (κ1) is 37.4. The lowest BCUT2D eigenvalue weighted by atomic mass is 9.99. The number of nitrogens with zero attached hydrogens (tertiary/aromatic N) is 1. The summed E-state index contributed by atoms with van der Waals surface area (Å²) in [6.45, 7) is 10.8. The Bertz CT molecular complexity index is 1380. The molecule has 2 N–H and O–H groups in total. The Kier molecular flexibility index (Phi) is 12.3. The van der Waals surface area contributed by atoms with Gasteiger partial charge in [0, 0.05) is 19.1 Å². The molecule has 15 heteroatoms. The molecule has 1 amide bonds. The van der Waals surface area contributed by atoms with Crippen LogP contribution in [0.25, 0.3) is 6.08 Å². The minimum absolute atomic E-state index is 0.00518. The summed E-state index contributed by atoms with van der Waals surface area (Å²) in [6.07, 6.45) is 3.58. The van der Waals surface area contributed by atoms with E-state index in [2.05, 4.69) is 4.52 Å². The molecule has 3 rings (SSSR count). The number of amides is 1. The lowest BCUT2D eigenvalue weighted by Gasteiger charge is -2.28. The van der Waals surface area contributed by atoms with E-state index in [4.69, 9.17) is 28.4 Å². The topological polar surface area (TPSA) is 177 Å². The number of hydrogen-bond donors (Lipinski definition) is 2. The number of cyclic esters (lactones) is 1. The minimum atomic E-state index is -4.85. The van der Waals surface area contributed by atoms with Crippen LogP contribution in [0.5, 0.6) is 5.75 Å². The molecule has 256 valence electrons. The van der Waals surface area contributed by atoms with Crippen LogP contribution in [0.15, 0.2) is 30.4 Å². The van der Waals surface area contributed by atoms with Crippen LogP contribution in [0.4, 0.5) is 10.5 Å². The number of phosphoric ester groups is 1. The number of ether oxygens (including phenoxy) is 6. The fourth-order valence-corrected chi connectivity index (χ4v) is 4.99. The van der Waals surface area contributed by atoms with Gasteiger partial charge in [0.05, 0.1) is 24.9 Å². The van der Waals surface area contributed by atoms with E-state index in [9.17, 15) is 28.7 Å². The summed E-state index contributed by atoms with van der Waals surface area (Å²) < 4.78 is 50.2. The summed E-state index contributed by atoms with van der Waals surface area (Å²) in [5, 5.41) is 0. The van der Waals surface area contributed by atoms with Crippen LogP contribution in [0.3, 0.4) is 0 Å². The molecule has 46 heavy (non-hydrogen) atoms. The van der Waals surface area contributed by atoms with Crippen molar-refractivity contribution in [1.29, 1.82) is 0 Å². The van der Waals surface area contributed by atoms with Crippen LogP contribution in [0, 0.1) is 5.92 Å². The van der Waals surface area contributed by atoms with Crippen molar-refractivity contribution in [2.24, 2.45) is 5.92 Å². The van der Waals surface area contributed by atoms with Crippen molar-refractivity contribution in [3.05, 3.63) is 41.5 Å². The van der Waals surface area contributed by atoms with E-state index in [0.29, 0.717) is 0 Å². The highest BCUT2D eigenvalue weighted by molar-refractivity contribution is 7.46. The Hall–Kier alpha value is -3.10. The van der Waals surface area contributed by atoms with Gasteiger partial charge >= 0.3 is 19.9 Å². The number of rotatable bonds is 8. The number of carbonyl (C=O) groups is 3. The third-order valence-electron chi connectivity index (χ3n) is 6.88.